The van der Waals surface area contributed by atoms with Crippen LogP contribution in [-0.4, -0.2) is 44.3 Å². The predicted octanol–water partition coefficient (Wildman–Crippen LogP) is 3.14. The highest BCUT2D eigenvalue weighted by Crippen LogP contribution is 2.18. The largest absolute Gasteiger partial charge is 0.494 e. The molecule has 0 saturated carbocycles. The summed E-state index contributed by atoms with van der Waals surface area (Å²) in [7, 11) is 0. The van der Waals surface area contributed by atoms with Crippen LogP contribution in [-0.2, 0) is 6.54 Å². The predicted molar refractivity (Wildman–Crippen MR) is 120 cm³/mol. The van der Waals surface area contributed by atoms with Gasteiger partial charge < -0.3 is 31.3 Å². The Labute approximate surface area is 185 Å². The average Bonchev–Trinajstić information content (AvgIpc) is 2.78. The summed E-state index contributed by atoms with van der Waals surface area (Å²) in [5.74, 6) is 0.117. The molecule has 3 aromatic rings. The van der Waals surface area contributed by atoms with Crippen LogP contribution in [0.5, 0.6) is 11.8 Å². The molecule has 0 fully saturated rings. The van der Waals surface area contributed by atoms with Gasteiger partial charge in [0.15, 0.2) is 0 Å². The average molecular weight is 438 g/mol. The third-order valence-corrected chi connectivity index (χ3v) is 4.50. The molecule has 0 aliphatic heterocycles. The molecule has 1 aromatic heterocycles. The molecule has 0 aliphatic carbocycles. The summed E-state index contributed by atoms with van der Waals surface area (Å²) in [5, 5.41) is 24.7. The van der Waals surface area contributed by atoms with Crippen LogP contribution in [0, 0.1) is 0 Å². The van der Waals surface area contributed by atoms with Gasteiger partial charge in [0.25, 0.3) is 0 Å². The number of ether oxygens (including phenoxy) is 1. The molecule has 0 saturated heterocycles. The molecule has 10 nitrogen and oxygen atoms in total. The fourth-order valence-corrected chi connectivity index (χ4v) is 2.82. The van der Waals surface area contributed by atoms with Gasteiger partial charge in [-0.1, -0.05) is 12.1 Å². The van der Waals surface area contributed by atoms with Crippen LogP contribution in [0.4, 0.5) is 17.6 Å². The Hall–Kier alpha value is -3.92. The fraction of sp³-hybridized carbons (Fsp3) is 0.273. The van der Waals surface area contributed by atoms with Crippen molar-refractivity contribution < 1.29 is 19.7 Å². The van der Waals surface area contributed by atoms with E-state index in [1.165, 1.54) is 12.1 Å². The molecule has 10 heteroatoms. The molecule has 0 radical (unpaired) electrons. The fourth-order valence-electron chi connectivity index (χ4n) is 2.82. The van der Waals surface area contributed by atoms with Gasteiger partial charge in [-0.15, -0.1) is 0 Å². The lowest BCUT2D eigenvalue weighted by Crippen LogP contribution is -2.07. The summed E-state index contributed by atoms with van der Waals surface area (Å²) >= 11 is 0. The Balaban J connectivity index is 1.54. The van der Waals surface area contributed by atoms with E-state index in [1.807, 2.05) is 24.3 Å². The van der Waals surface area contributed by atoms with Crippen molar-refractivity contribution in [2.75, 3.05) is 23.8 Å². The monoisotopic (exact) mass is 438 g/mol. The SMILES string of the molecule is NCCCCCOc1ccc(CNc2nc(O)nc(Nc3ccc(C(=O)O)cc3)n2)cc1. The van der Waals surface area contributed by atoms with E-state index in [0.29, 0.717) is 25.4 Å². The number of nitrogens with two attached hydrogens (primary N) is 1. The minimum Gasteiger partial charge on any atom is -0.494 e. The zero-order chi connectivity index (χ0) is 22.8. The van der Waals surface area contributed by atoms with E-state index >= 15 is 0 Å². The van der Waals surface area contributed by atoms with Crippen molar-refractivity contribution in [2.45, 2.75) is 25.8 Å². The summed E-state index contributed by atoms with van der Waals surface area (Å²) in [6.45, 7) is 1.81. The number of carboxylic acids is 1. The maximum absolute atomic E-state index is 10.9. The topological polar surface area (TPSA) is 156 Å². The zero-order valence-corrected chi connectivity index (χ0v) is 17.5. The van der Waals surface area contributed by atoms with Crippen LogP contribution in [0.2, 0.25) is 0 Å². The molecule has 0 atom stereocenters. The van der Waals surface area contributed by atoms with Gasteiger partial charge in [-0.2, -0.15) is 15.0 Å². The van der Waals surface area contributed by atoms with Gasteiger partial charge >= 0.3 is 12.0 Å². The maximum Gasteiger partial charge on any atom is 0.335 e. The normalized spacial score (nSPS) is 10.5. The highest BCUT2D eigenvalue weighted by atomic mass is 16.5. The minimum absolute atomic E-state index is 0.126. The van der Waals surface area contributed by atoms with Crippen LogP contribution in [0.1, 0.15) is 35.2 Å². The number of anilines is 3. The molecule has 3 rings (SSSR count). The quantitative estimate of drug-likeness (QED) is 0.266. The van der Waals surface area contributed by atoms with Gasteiger partial charge in [0.05, 0.1) is 12.2 Å². The van der Waals surface area contributed by atoms with Gasteiger partial charge in [0, 0.05) is 12.2 Å². The summed E-state index contributed by atoms with van der Waals surface area (Å²) in [6.07, 6.45) is 3.04. The molecular weight excluding hydrogens is 412 g/mol. The lowest BCUT2D eigenvalue weighted by atomic mass is 10.2. The number of aromatic hydroxyl groups is 1. The van der Waals surface area contributed by atoms with Gasteiger partial charge in [-0.3, -0.25) is 0 Å². The van der Waals surface area contributed by atoms with Crippen molar-refractivity contribution in [1.29, 1.82) is 0 Å². The number of hydrogen-bond acceptors (Lipinski definition) is 9. The highest BCUT2D eigenvalue weighted by Gasteiger charge is 2.08. The van der Waals surface area contributed by atoms with Crippen molar-refractivity contribution in [3.05, 3.63) is 59.7 Å². The Kier molecular flexibility index (Phi) is 8.15. The molecule has 168 valence electrons. The molecule has 0 amide bonds. The molecule has 0 bridgehead atoms. The van der Waals surface area contributed by atoms with E-state index in [9.17, 15) is 9.90 Å². The summed E-state index contributed by atoms with van der Waals surface area (Å²) in [4.78, 5) is 22.9. The van der Waals surface area contributed by atoms with Crippen molar-refractivity contribution in [1.82, 2.24) is 15.0 Å². The standard InChI is InChI=1S/C22H26N6O4/c23-12-2-1-3-13-32-18-10-4-15(5-11-18)14-24-20-26-21(28-22(31)27-20)25-17-8-6-16(7-9-17)19(29)30/h4-11H,1-3,12-14,23H2,(H,29,30)(H3,24,25,26,27,28,31). The number of rotatable bonds is 12. The number of benzene rings is 2. The van der Waals surface area contributed by atoms with Crippen LogP contribution in [0.25, 0.3) is 0 Å². The van der Waals surface area contributed by atoms with Gasteiger partial charge in [-0.25, -0.2) is 4.79 Å². The van der Waals surface area contributed by atoms with Crippen molar-refractivity contribution in [3.8, 4) is 11.8 Å². The number of nitrogens with zero attached hydrogens (tertiary/aromatic N) is 3. The first-order chi connectivity index (χ1) is 15.5. The van der Waals surface area contributed by atoms with E-state index in [1.54, 1.807) is 12.1 Å². The third-order valence-electron chi connectivity index (χ3n) is 4.50. The van der Waals surface area contributed by atoms with E-state index in [4.69, 9.17) is 15.6 Å². The summed E-state index contributed by atoms with van der Waals surface area (Å²) in [5.41, 5.74) is 7.21. The highest BCUT2D eigenvalue weighted by molar-refractivity contribution is 5.88. The molecule has 1 heterocycles. The Morgan fingerprint density at radius 3 is 2.34 bits per heavy atom. The Morgan fingerprint density at radius 2 is 1.66 bits per heavy atom. The molecule has 6 N–H and O–H groups in total. The van der Waals surface area contributed by atoms with Gasteiger partial charge in [-0.05, 0) is 67.8 Å². The van der Waals surface area contributed by atoms with Crippen molar-refractivity contribution >= 4 is 23.6 Å². The van der Waals surface area contributed by atoms with Crippen LogP contribution in [0.3, 0.4) is 0 Å². The second-order valence-electron chi connectivity index (χ2n) is 6.99. The lowest BCUT2D eigenvalue weighted by Gasteiger charge is -2.10. The summed E-state index contributed by atoms with van der Waals surface area (Å²) < 4.78 is 5.71. The first-order valence-electron chi connectivity index (χ1n) is 10.2. The number of aromatic carboxylic acids is 1. The molecule has 32 heavy (non-hydrogen) atoms. The molecule has 2 aromatic carbocycles. The number of unbranched alkanes of at least 4 members (excludes halogenated alkanes) is 2. The summed E-state index contributed by atoms with van der Waals surface area (Å²) in [6, 6.07) is 13.3. The molecule has 0 aliphatic rings. The van der Waals surface area contributed by atoms with E-state index < -0.39 is 12.0 Å². The van der Waals surface area contributed by atoms with Crippen LogP contribution < -0.4 is 21.1 Å². The second kappa shape index (κ2) is 11.5. The number of nitrogens with one attached hydrogen (secondary N) is 2. The maximum atomic E-state index is 10.9. The van der Waals surface area contributed by atoms with Gasteiger partial charge in [0.2, 0.25) is 11.9 Å². The Bertz CT molecular complexity index is 1010. The lowest BCUT2D eigenvalue weighted by molar-refractivity contribution is 0.0697. The first kappa shape index (κ1) is 22.8. The minimum atomic E-state index is -1.01. The third kappa shape index (κ3) is 7.10. The number of aromatic nitrogens is 3. The van der Waals surface area contributed by atoms with Crippen LogP contribution >= 0.6 is 0 Å². The van der Waals surface area contributed by atoms with E-state index in [2.05, 4.69) is 25.6 Å². The number of carboxylic acid groups (broad SMARTS) is 1. The Morgan fingerprint density at radius 1 is 0.938 bits per heavy atom. The van der Waals surface area contributed by atoms with Gasteiger partial charge in [0.1, 0.15) is 5.75 Å². The van der Waals surface area contributed by atoms with E-state index in [-0.39, 0.29) is 17.5 Å². The van der Waals surface area contributed by atoms with Crippen molar-refractivity contribution in [3.63, 3.8) is 0 Å². The zero-order valence-electron chi connectivity index (χ0n) is 17.5. The molecular formula is C22H26N6O4. The smallest absolute Gasteiger partial charge is 0.335 e. The van der Waals surface area contributed by atoms with Crippen molar-refractivity contribution in [2.24, 2.45) is 5.73 Å². The van der Waals surface area contributed by atoms with Crippen LogP contribution in [0.15, 0.2) is 48.5 Å². The second-order valence-corrected chi connectivity index (χ2v) is 6.99. The van der Waals surface area contributed by atoms with E-state index in [0.717, 1.165) is 30.6 Å². The molecule has 0 spiro atoms. The first-order valence-corrected chi connectivity index (χ1v) is 10.2. The number of carbonyl (C=O) groups is 1. The molecule has 0 unspecified atom stereocenters. The number of hydrogen-bond donors (Lipinski definition) is 5.